The van der Waals surface area contributed by atoms with E-state index in [0.717, 1.165) is 11.1 Å². The average Bonchev–Trinajstić information content (AvgIpc) is 2.67. The first-order chi connectivity index (χ1) is 13.0. The van der Waals surface area contributed by atoms with Gasteiger partial charge < -0.3 is 20.5 Å². The Morgan fingerprint density at radius 1 is 1.26 bits per heavy atom. The van der Waals surface area contributed by atoms with Crippen LogP contribution in [-0.4, -0.2) is 36.5 Å². The van der Waals surface area contributed by atoms with E-state index in [1.54, 1.807) is 12.1 Å². The van der Waals surface area contributed by atoms with Crippen molar-refractivity contribution in [2.45, 2.75) is 18.8 Å². The number of nitrogens with one attached hydrogen (secondary N) is 2. The summed E-state index contributed by atoms with van der Waals surface area (Å²) in [4.78, 5) is 35.5. The third kappa shape index (κ3) is 4.08. The number of para-hydroxylation sites is 1. The van der Waals surface area contributed by atoms with Crippen LogP contribution in [0, 0.1) is 0 Å². The van der Waals surface area contributed by atoms with Gasteiger partial charge >= 0.3 is 5.97 Å². The largest absolute Gasteiger partial charge is 0.496 e. The Balaban J connectivity index is 1.65. The Morgan fingerprint density at radius 3 is 2.78 bits per heavy atom. The molecule has 0 saturated heterocycles. The zero-order valence-corrected chi connectivity index (χ0v) is 14.8. The number of benzene rings is 2. The van der Waals surface area contributed by atoms with Crippen LogP contribution < -0.4 is 15.4 Å². The van der Waals surface area contributed by atoms with Crippen molar-refractivity contribution in [1.82, 2.24) is 5.32 Å². The van der Waals surface area contributed by atoms with Crippen LogP contribution in [0.3, 0.4) is 0 Å². The highest BCUT2D eigenvalue weighted by Gasteiger charge is 2.30. The van der Waals surface area contributed by atoms with Crippen molar-refractivity contribution < 1.29 is 24.2 Å². The summed E-state index contributed by atoms with van der Waals surface area (Å²) in [6, 6.07) is 11.9. The molecular formula is C20H20N2O5. The number of carbonyl (C=O) groups excluding carboxylic acids is 2. The standard InChI is InChI=1S/C20H20N2O5/c1-27-17-10-13(20(25)26)7-6-12(17)8-9-21-19(24)15-11-18(23)22-16-5-3-2-4-14(15)16/h2-7,10,15H,8-9,11H2,1H3,(H,21,24)(H,22,23)(H,25,26). The predicted octanol–water partition coefficient (Wildman–Crippen LogP) is 2.18. The van der Waals surface area contributed by atoms with E-state index in [0.29, 0.717) is 24.4 Å². The highest BCUT2D eigenvalue weighted by atomic mass is 16.5. The number of fused-ring (bicyclic) bond motifs is 1. The molecule has 3 N–H and O–H groups in total. The topological polar surface area (TPSA) is 105 Å². The van der Waals surface area contributed by atoms with Gasteiger partial charge in [-0.3, -0.25) is 9.59 Å². The molecule has 2 aromatic carbocycles. The molecule has 0 aromatic heterocycles. The van der Waals surface area contributed by atoms with Gasteiger partial charge in [-0.05, 0) is 35.7 Å². The molecule has 0 saturated carbocycles. The van der Waals surface area contributed by atoms with Gasteiger partial charge in [-0.25, -0.2) is 4.79 Å². The number of aromatic carboxylic acids is 1. The van der Waals surface area contributed by atoms with Gasteiger partial charge in [-0.1, -0.05) is 24.3 Å². The van der Waals surface area contributed by atoms with Crippen LogP contribution in [0.25, 0.3) is 0 Å². The van der Waals surface area contributed by atoms with Crippen LogP contribution in [0.15, 0.2) is 42.5 Å². The van der Waals surface area contributed by atoms with Crippen LogP contribution >= 0.6 is 0 Å². The Labute approximate surface area is 156 Å². The molecule has 2 amide bonds. The number of methoxy groups -OCH3 is 1. The van der Waals surface area contributed by atoms with Gasteiger partial charge in [-0.15, -0.1) is 0 Å². The van der Waals surface area contributed by atoms with Gasteiger partial charge in [-0.2, -0.15) is 0 Å². The zero-order valence-electron chi connectivity index (χ0n) is 14.8. The molecule has 1 heterocycles. The summed E-state index contributed by atoms with van der Waals surface area (Å²) in [7, 11) is 1.47. The SMILES string of the molecule is COc1cc(C(=O)O)ccc1CCNC(=O)C1CC(=O)Nc2ccccc21. The zero-order chi connectivity index (χ0) is 19.4. The first-order valence-corrected chi connectivity index (χ1v) is 8.56. The minimum absolute atomic E-state index is 0.111. The van der Waals surface area contributed by atoms with Gasteiger partial charge in [0, 0.05) is 18.7 Å². The lowest BCUT2D eigenvalue weighted by molar-refractivity contribution is -0.126. The first-order valence-electron chi connectivity index (χ1n) is 8.56. The number of anilines is 1. The van der Waals surface area contributed by atoms with Gasteiger partial charge in [0.15, 0.2) is 0 Å². The fourth-order valence-electron chi connectivity index (χ4n) is 3.17. The minimum Gasteiger partial charge on any atom is -0.496 e. The van der Waals surface area contributed by atoms with E-state index in [-0.39, 0.29) is 23.8 Å². The fraction of sp³-hybridized carbons (Fsp3) is 0.250. The number of rotatable bonds is 6. The Bertz CT molecular complexity index is 894. The van der Waals surface area contributed by atoms with Crippen molar-refractivity contribution in [2.75, 3.05) is 19.0 Å². The summed E-state index contributed by atoms with van der Waals surface area (Å²) >= 11 is 0. The Morgan fingerprint density at radius 2 is 2.04 bits per heavy atom. The molecular weight excluding hydrogens is 348 g/mol. The quantitative estimate of drug-likeness (QED) is 0.725. The molecule has 0 radical (unpaired) electrons. The van der Waals surface area contributed by atoms with E-state index in [9.17, 15) is 14.4 Å². The monoisotopic (exact) mass is 368 g/mol. The van der Waals surface area contributed by atoms with Crippen molar-refractivity contribution in [1.29, 1.82) is 0 Å². The molecule has 1 unspecified atom stereocenters. The maximum absolute atomic E-state index is 12.6. The summed E-state index contributed by atoms with van der Waals surface area (Å²) < 4.78 is 5.24. The molecule has 0 aliphatic carbocycles. The maximum Gasteiger partial charge on any atom is 0.335 e. The van der Waals surface area contributed by atoms with Crippen molar-refractivity contribution in [3.8, 4) is 5.75 Å². The molecule has 0 fully saturated rings. The van der Waals surface area contributed by atoms with Crippen LogP contribution in [0.1, 0.15) is 33.8 Å². The van der Waals surface area contributed by atoms with E-state index in [1.165, 1.54) is 19.2 Å². The van der Waals surface area contributed by atoms with Gasteiger partial charge in [0.1, 0.15) is 5.75 Å². The summed E-state index contributed by atoms with van der Waals surface area (Å²) in [5.74, 6) is -1.47. The summed E-state index contributed by atoms with van der Waals surface area (Å²) in [5.41, 5.74) is 2.41. The van der Waals surface area contributed by atoms with Crippen molar-refractivity contribution in [3.05, 3.63) is 59.2 Å². The van der Waals surface area contributed by atoms with E-state index < -0.39 is 11.9 Å². The van der Waals surface area contributed by atoms with Gasteiger partial charge in [0.2, 0.25) is 11.8 Å². The number of hydrogen-bond acceptors (Lipinski definition) is 4. The molecule has 1 aliphatic heterocycles. The molecule has 3 rings (SSSR count). The second-order valence-corrected chi connectivity index (χ2v) is 6.26. The lowest BCUT2D eigenvalue weighted by Crippen LogP contribution is -2.35. The maximum atomic E-state index is 12.6. The molecule has 1 atom stereocenters. The second kappa shape index (κ2) is 7.90. The number of carboxylic acids is 1. The first kappa shape index (κ1) is 18.4. The third-order valence-electron chi connectivity index (χ3n) is 4.54. The van der Waals surface area contributed by atoms with Crippen molar-refractivity contribution in [3.63, 3.8) is 0 Å². The summed E-state index contributed by atoms with van der Waals surface area (Å²) in [5, 5.41) is 14.7. The average molecular weight is 368 g/mol. The number of hydrogen-bond donors (Lipinski definition) is 3. The highest BCUT2D eigenvalue weighted by molar-refractivity contribution is 6.01. The molecule has 0 bridgehead atoms. The van der Waals surface area contributed by atoms with E-state index in [4.69, 9.17) is 9.84 Å². The van der Waals surface area contributed by atoms with Crippen LogP contribution in [-0.2, 0) is 16.0 Å². The number of amides is 2. The van der Waals surface area contributed by atoms with E-state index in [2.05, 4.69) is 10.6 Å². The molecule has 27 heavy (non-hydrogen) atoms. The minimum atomic E-state index is -1.03. The third-order valence-corrected chi connectivity index (χ3v) is 4.54. The van der Waals surface area contributed by atoms with E-state index >= 15 is 0 Å². The summed E-state index contributed by atoms with van der Waals surface area (Å²) in [6.07, 6.45) is 0.592. The molecule has 0 spiro atoms. The molecule has 2 aromatic rings. The Kier molecular flexibility index (Phi) is 5.40. The normalized spacial score (nSPS) is 15.4. The summed E-state index contributed by atoms with van der Waals surface area (Å²) in [6.45, 7) is 0.349. The molecule has 7 nitrogen and oxygen atoms in total. The lowest BCUT2D eigenvalue weighted by Gasteiger charge is -2.24. The molecule has 7 heteroatoms. The molecule has 1 aliphatic rings. The lowest BCUT2D eigenvalue weighted by atomic mass is 9.90. The highest BCUT2D eigenvalue weighted by Crippen LogP contribution is 2.32. The number of ether oxygens (including phenoxy) is 1. The van der Waals surface area contributed by atoms with Gasteiger partial charge in [0.05, 0.1) is 18.6 Å². The van der Waals surface area contributed by atoms with E-state index in [1.807, 2.05) is 18.2 Å². The Hall–Kier alpha value is -3.35. The molecule has 140 valence electrons. The van der Waals surface area contributed by atoms with Gasteiger partial charge in [0.25, 0.3) is 0 Å². The number of carbonyl (C=O) groups is 3. The smallest absolute Gasteiger partial charge is 0.335 e. The van der Waals surface area contributed by atoms with Crippen LogP contribution in [0.5, 0.6) is 5.75 Å². The van der Waals surface area contributed by atoms with Crippen LogP contribution in [0.4, 0.5) is 5.69 Å². The second-order valence-electron chi connectivity index (χ2n) is 6.26. The predicted molar refractivity (Wildman–Crippen MR) is 99.1 cm³/mol. The number of carboxylic acid groups (broad SMARTS) is 1. The van der Waals surface area contributed by atoms with Crippen molar-refractivity contribution >= 4 is 23.5 Å². The van der Waals surface area contributed by atoms with Crippen molar-refractivity contribution in [2.24, 2.45) is 0 Å². The van der Waals surface area contributed by atoms with Crippen LogP contribution in [0.2, 0.25) is 0 Å². The fourth-order valence-corrected chi connectivity index (χ4v) is 3.17.